The van der Waals surface area contributed by atoms with Crippen LogP contribution in [-0.4, -0.2) is 82.3 Å². The number of aromatic nitrogens is 2. The zero-order chi connectivity index (χ0) is 29.5. The number of aromatic amines is 1. The minimum absolute atomic E-state index is 0.155. The van der Waals surface area contributed by atoms with Crippen molar-refractivity contribution < 1.29 is 43.1 Å². The third kappa shape index (κ3) is 5.81. The molecule has 2 saturated heterocycles. The number of benzene rings is 1. The first kappa shape index (κ1) is 28.7. The van der Waals surface area contributed by atoms with Crippen LogP contribution >= 0.6 is 0 Å². The van der Waals surface area contributed by atoms with E-state index in [9.17, 15) is 24.3 Å². The summed E-state index contributed by atoms with van der Waals surface area (Å²) in [6, 6.07) is 9.74. The number of hydrogen-bond donors (Lipinski definition) is 4. The molecule has 0 unspecified atom stereocenters. The van der Waals surface area contributed by atoms with Crippen molar-refractivity contribution >= 4 is 17.5 Å². The molecular formula is C26H30N4O11. The summed E-state index contributed by atoms with van der Waals surface area (Å²) in [7, 11) is 1.26. The number of carbonyl (C=O) groups is 2. The molecule has 3 aliphatic rings. The van der Waals surface area contributed by atoms with Gasteiger partial charge in [-0.2, -0.15) is 0 Å². The number of methoxy groups -OCH3 is 1. The fourth-order valence-electron chi connectivity index (χ4n) is 4.99. The number of para-hydroxylation sites is 1. The van der Waals surface area contributed by atoms with Gasteiger partial charge in [-0.25, -0.2) is 4.79 Å². The maximum absolute atomic E-state index is 13.1. The van der Waals surface area contributed by atoms with Crippen LogP contribution in [-0.2, 0) is 38.0 Å². The summed E-state index contributed by atoms with van der Waals surface area (Å²) in [4.78, 5) is 51.7. The van der Waals surface area contributed by atoms with Crippen molar-refractivity contribution in [3.8, 4) is 0 Å². The number of primary amides is 1. The lowest BCUT2D eigenvalue weighted by molar-refractivity contribution is -0.241. The van der Waals surface area contributed by atoms with E-state index in [-0.39, 0.29) is 5.76 Å². The van der Waals surface area contributed by atoms with Crippen molar-refractivity contribution in [2.45, 2.75) is 68.8 Å². The normalized spacial score (nSPS) is 31.0. The van der Waals surface area contributed by atoms with Gasteiger partial charge in [0.15, 0.2) is 30.0 Å². The zero-order valence-electron chi connectivity index (χ0n) is 22.3. The lowest BCUT2D eigenvalue weighted by Crippen LogP contribution is -2.53. The first-order valence-electron chi connectivity index (χ1n) is 12.7. The van der Waals surface area contributed by atoms with Crippen LogP contribution in [0.5, 0.6) is 0 Å². The molecule has 2 fully saturated rings. The third-order valence-electron chi connectivity index (χ3n) is 6.75. The van der Waals surface area contributed by atoms with E-state index in [4.69, 9.17) is 34.2 Å². The molecule has 0 bridgehead atoms. The molecule has 5 N–H and O–H groups in total. The van der Waals surface area contributed by atoms with Crippen molar-refractivity contribution in [1.29, 1.82) is 0 Å². The largest absolute Gasteiger partial charge is 0.456 e. The number of nitrogens with two attached hydrogens (primary N) is 1. The second-order valence-corrected chi connectivity index (χ2v) is 10.1. The molecule has 2 amide bonds. The summed E-state index contributed by atoms with van der Waals surface area (Å²) < 4.78 is 35.9. The van der Waals surface area contributed by atoms with Gasteiger partial charge >= 0.3 is 5.69 Å². The highest BCUT2D eigenvalue weighted by atomic mass is 16.8. The Hall–Kier alpha value is -3.86. The fourth-order valence-corrected chi connectivity index (χ4v) is 4.99. The van der Waals surface area contributed by atoms with Crippen LogP contribution in [0.4, 0.5) is 5.69 Å². The van der Waals surface area contributed by atoms with E-state index in [0.717, 1.165) is 16.8 Å². The Morgan fingerprint density at radius 3 is 2.56 bits per heavy atom. The fraction of sp³-hybridized carbons (Fsp3) is 0.462. The van der Waals surface area contributed by atoms with Crippen molar-refractivity contribution in [2.75, 3.05) is 12.4 Å². The average Bonchev–Trinajstić information content (AvgIpc) is 3.41. The molecular weight excluding hydrogens is 544 g/mol. The highest BCUT2D eigenvalue weighted by Crippen LogP contribution is 2.39. The summed E-state index contributed by atoms with van der Waals surface area (Å²) in [5.41, 5.74) is 4.71. The maximum Gasteiger partial charge on any atom is 0.330 e. The predicted molar refractivity (Wildman–Crippen MR) is 138 cm³/mol. The molecule has 3 aliphatic heterocycles. The summed E-state index contributed by atoms with van der Waals surface area (Å²) in [5.74, 6) is -2.86. The van der Waals surface area contributed by atoms with E-state index in [0.29, 0.717) is 5.69 Å². The van der Waals surface area contributed by atoms with E-state index in [1.165, 1.54) is 13.2 Å². The molecule has 0 radical (unpaired) electrons. The van der Waals surface area contributed by atoms with Gasteiger partial charge in [-0.15, -0.1) is 0 Å². The number of fused-ring (bicyclic) bond motifs is 1. The molecule has 1 aromatic heterocycles. The lowest BCUT2D eigenvalue weighted by Gasteiger charge is -2.34. The molecule has 1 aromatic carbocycles. The molecule has 8 atom stereocenters. The second kappa shape index (κ2) is 11.2. The van der Waals surface area contributed by atoms with Crippen molar-refractivity contribution in [3.63, 3.8) is 0 Å². The third-order valence-corrected chi connectivity index (χ3v) is 6.75. The Bertz CT molecular complexity index is 1440. The summed E-state index contributed by atoms with van der Waals surface area (Å²) in [6.07, 6.45) is -7.55. The molecule has 0 aliphatic carbocycles. The van der Waals surface area contributed by atoms with Gasteiger partial charge in [0.1, 0.15) is 24.4 Å². The van der Waals surface area contributed by atoms with Crippen LogP contribution in [0.3, 0.4) is 0 Å². The van der Waals surface area contributed by atoms with Gasteiger partial charge in [-0.3, -0.25) is 23.9 Å². The van der Waals surface area contributed by atoms with Crippen molar-refractivity contribution in [1.82, 2.24) is 9.55 Å². The highest BCUT2D eigenvalue weighted by Gasteiger charge is 2.55. The molecule has 220 valence electrons. The SMILES string of the molecule is CO[C@H]1[C@@H](O)[C@H](n2ccc(=O)[nH]c2=O)O[C@@H]1[C@@H](O[C@H]1OC(C(=O)Nc2ccccc2)=C[C@@H]2OC(C)(C)O[C@H]12)C(N)=O. The summed E-state index contributed by atoms with van der Waals surface area (Å²) in [6.45, 7) is 3.32. The number of nitrogens with zero attached hydrogens (tertiary/aromatic N) is 1. The van der Waals surface area contributed by atoms with Crippen molar-refractivity contribution in [3.05, 3.63) is 75.3 Å². The number of aliphatic hydroxyl groups is 1. The predicted octanol–water partition coefficient (Wildman–Crippen LogP) is -0.921. The number of aliphatic hydroxyl groups excluding tert-OH is 1. The van der Waals surface area contributed by atoms with Crippen LogP contribution in [0.25, 0.3) is 0 Å². The van der Waals surface area contributed by atoms with Gasteiger partial charge in [-0.1, -0.05) is 18.2 Å². The van der Waals surface area contributed by atoms with Gasteiger partial charge in [-0.05, 0) is 32.1 Å². The molecule has 41 heavy (non-hydrogen) atoms. The van der Waals surface area contributed by atoms with Gasteiger partial charge in [0.05, 0.1) is 0 Å². The minimum Gasteiger partial charge on any atom is -0.456 e. The van der Waals surface area contributed by atoms with Gasteiger partial charge in [0.2, 0.25) is 12.2 Å². The molecule has 2 aromatic rings. The number of nitrogens with one attached hydrogen (secondary N) is 2. The zero-order valence-corrected chi connectivity index (χ0v) is 22.3. The number of amides is 2. The van der Waals surface area contributed by atoms with Crippen LogP contribution < -0.4 is 22.3 Å². The topological polar surface area (TPSA) is 203 Å². The number of ether oxygens (including phenoxy) is 6. The van der Waals surface area contributed by atoms with Crippen LogP contribution in [0.2, 0.25) is 0 Å². The number of rotatable bonds is 8. The monoisotopic (exact) mass is 574 g/mol. The van der Waals surface area contributed by atoms with E-state index in [1.807, 2.05) is 0 Å². The summed E-state index contributed by atoms with van der Waals surface area (Å²) >= 11 is 0. The standard InChI is InChI=1S/C26H30N4O11/c1-26(2)40-13-11-14(22(34)28-12-7-5-4-6-8-12)37-24(17(13)41-26)39-20(21(27)33)19-18(36-3)16(32)23(38-19)30-10-9-15(31)29-25(30)35/h4-11,13,16-20,23-24,32H,1-3H3,(H2,27,33)(H,28,34)(H,29,31,35)/t13-,16+,17-,18-,19-,20+,23+,24+/m0/s1. The van der Waals surface area contributed by atoms with Gasteiger partial charge < -0.3 is 44.6 Å². The van der Waals surface area contributed by atoms with Gasteiger partial charge in [0, 0.05) is 25.1 Å². The molecule has 4 heterocycles. The maximum atomic E-state index is 13.1. The molecule has 15 heteroatoms. The van der Waals surface area contributed by atoms with Crippen molar-refractivity contribution in [2.24, 2.45) is 5.73 Å². The van der Waals surface area contributed by atoms with Crippen LogP contribution in [0.15, 0.2) is 64.0 Å². The molecule has 0 saturated carbocycles. The Morgan fingerprint density at radius 1 is 1.17 bits per heavy atom. The van der Waals surface area contributed by atoms with E-state index >= 15 is 0 Å². The molecule has 5 rings (SSSR count). The number of hydrogen-bond acceptors (Lipinski definition) is 11. The van der Waals surface area contributed by atoms with E-state index in [1.54, 1.807) is 44.2 Å². The van der Waals surface area contributed by atoms with E-state index in [2.05, 4.69) is 10.3 Å². The molecule has 15 nitrogen and oxygen atoms in total. The number of H-pyrrole nitrogens is 1. The first-order chi connectivity index (χ1) is 19.5. The number of carbonyl (C=O) groups excluding carboxylic acids is 2. The second-order valence-electron chi connectivity index (χ2n) is 10.1. The van der Waals surface area contributed by atoms with Crippen LogP contribution in [0.1, 0.15) is 20.1 Å². The smallest absolute Gasteiger partial charge is 0.330 e. The van der Waals surface area contributed by atoms with E-state index < -0.39 is 78.0 Å². The Morgan fingerprint density at radius 2 is 1.90 bits per heavy atom. The average molecular weight is 575 g/mol. The minimum atomic E-state index is -1.62. The Labute approximate surface area is 232 Å². The summed E-state index contributed by atoms with van der Waals surface area (Å²) in [5, 5.41) is 13.6. The Kier molecular flexibility index (Phi) is 7.83. The highest BCUT2D eigenvalue weighted by molar-refractivity contribution is 6.02. The molecule has 0 spiro atoms. The lowest BCUT2D eigenvalue weighted by atomic mass is 10.0. The first-order valence-corrected chi connectivity index (χ1v) is 12.7. The van der Waals surface area contributed by atoms with Crippen LogP contribution in [0, 0.1) is 0 Å². The Balaban J connectivity index is 1.41. The van der Waals surface area contributed by atoms with Gasteiger partial charge in [0.25, 0.3) is 11.5 Å². The quantitative estimate of drug-likeness (QED) is 0.304. The number of anilines is 1.